The van der Waals surface area contributed by atoms with Crippen molar-refractivity contribution in [1.29, 1.82) is 0 Å². The maximum Gasteiger partial charge on any atom is 0.271 e. The summed E-state index contributed by atoms with van der Waals surface area (Å²) in [5.41, 5.74) is 3.83. The smallest absolute Gasteiger partial charge is 0.267 e. The van der Waals surface area contributed by atoms with Crippen LogP contribution in [0.15, 0.2) is 46.9 Å². The van der Waals surface area contributed by atoms with E-state index >= 15 is 0 Å². The highest BCUT2D eigenvalue weighted by molar-refractivity contribution is 7.12. The average Bonchev–Trinajstić information content (AvgIpc) is 2.90. The number of thiophene rings is 1. The molecule has 0 bridgehead atoms. The second kappa shape index (κ2) is 5.80. The van der Waals surface area contributed by atoms with Crippen LogP contribution in [0.3, 0.4) is 0 Å². The van der Waals surface area contributed by atoms with Gasteiger partial charge in [-0.2, -0.15) is 5.10 Å². The molecule has 0 aliphatic heterocycles. The van der Waals surface area contributed by atoms with Crippen LogP contribution >= 0.6 is 22.9 Å². The average molecular weight is 279 g/mol. The molecule has 1 amide bonds. The highest BCUT2D eigenvalue weighted by atomic mass is 35.5. The Morgan fingerprint density at radius 1 is 1.28 bits per heavy atom. The summed E-state index contributed by atoms with van der Waals surface area (Å²) in [7, 11) is 0. The molecule has 18 heavy (non-hydrogen) atoms. The number of hydrazone groups is 1. The standard InChI is InChI=1S/C13H11ClN2OS/c1-9(12-3-2-8-18-12)15-16-13(17)10-4-6-11(14)7-5-10/h2-8H,1H3,(H,16,17). The van der Waals surface area contributed by atoms with Gasteiger partial charge in [-0.1, -0.05) is 17.7 Å². The van der Waals surface area contributed by atoms with Gasteiger partial charge >= 0.3 is 0 Å². The Morgan fingerprint density at radius 2 is 2.00 bits per heavy atom. The molecule has 1 aromatic heterocycles. The van der Waals surface area contributed by atoms with Crippen molar-refractivity contribution >= 4 is 34.6 Å². The van der Waals surface area contributed by atoms with Gasteiger partial charge in [-0.25, -0.2) is 5.43 Å². The van der Waals surface area contributed by atoms with Crippen molar-refractivity contribution in [2.24, 2.45) is 5.10 Å². The van der Waals surface area contributed by atoms with Gasteiger partial charge < -0.3 is 0 Å². The van der Waals surface area contributed by atoms with Crippen LogP contribution in [0.25, 0.3) is 0 Å². The third-order valence-electron chi connectivity index (χ3n) is 2.31. The maximum absolute atomic E-state index is 11.8. The van der Waals surface area contributed by atoms with Gasteiger partial charge in [0, 0.05) is 15.5 Å². The van der Waals surface area contributed by atoms with Gasteiger partial charge in [0.25, 0.3) is 5.91 Å². The van der Waals surface area contributed by atoms with Gasteiger partial charge in [-0.15, -0.1) is 11.3 Å². The van der Waals surface area contributed by atoms with E-state index in [1.54, 1.807) is 35.6 Å². The molecule has 0 saturated carbocycles. The highest BCUT2D eigenvalue weighted by Gasteiger charge is 2.04. The summed E-state index contributed by atoms with van der Waals surface area (Å²) in [6.07, 6.45) is 0. The molecule has 0 aliphatic carbocycles. The number of carbonyl (C=O) groups excluding carboxylic acids is 1. The van der Waals surface area contributed by atoms with E-state index in [1.807, 2.05) is 24.4 Å². The van der Waals surface area contributed by atoms with Crippen LogP contribution in [0.1, 0.15) is 22.2 Å². The summed E-state index contributed by atoms with van der Waals surface area (Å²) >= 11 is 7.33. The lowest BCUT2D eigenvalue weighted by atomic mass is 10.2. The van der Waals surface area contributed by atoms with Crippen molar-refractivity contribution in [2.45, 2.75) is 6.92 Å². The molecule has 0 unspecified atom stereocenters. The number of hydrogen-bond donors (Lipinski definition) is 1. The van der Waals surface area contributed by atoms with E-state index in [0.29, 0.717) is 10.6 Å². The first kappa shape index (κ1) is 12.8. The van der Waals surface area contributed by atoms with Crippen LogP contribution in [0.5, 0.6) is 0 Å². The molecule has 3 nitrogen and oxygen atoms in total. The second-order valence-electron chi connectivity index (χ2n) is 3.62. The summed E-state index contributed by atoms with van der Waals surface area (Å²) < 4.78 is 0. The van der Waals surface area contributed by atoms with E-state index in [-0.39, 0.29) is 5.91 Å². The summed E-state index contributed by atoms with van der Waals surface area (Å²) in [6.45, 7) is 1.86. The summed E-state index contributed by atoms with van der Waals surface area (Å²) in [4.78, 5) is 12.8. The van der Waals surface area contributed by atoms with E-state index in [1.165, 1.54) is 0 Å². The van der Waals surface area contributed by atoms with Crippen molar-refractivity contribution in [3.63, 3.8) is 0 Å². The van der Waals surface area contributed by atoms with Crippen LogP contribution in [-0.4, -0.2) is 11.6 Å². The van der Waals surface area contributed by atoms with Crippen LogP contribution in [0.4, 0.5) is 0 Å². The molecule has 0 spiro atoms. The number of nitrogens with zero attached hydrogens (tertiary/aromatic N) is 1. The summed E-state index contributed by atoms with van der Waals surface area (Å²) in [5.74, 6) is -0.248. The Morgan fingerprint density at radius 3 is 2.61 bits per heavy atom. The van der Waals surface area contributed by atoms with E-state index in [2.05, 4.69) is 10.5 Å². The predicted molar refractivity (Wildman–Crippen MR) is 75.4 cm³/mol. The Balaban J connectivity index is 2.04. The van der Waals surface area contributed by atoms with E-state index < -0.39 is 0 Å². The third-order valence-corrected chi connectivity index (χ3v) is 3.54. The Bertz CT molecular complexity index is 561. The number of rotatable bonds is 3. The minimum Gasteiger partial charge on any atom is -0.267 e. The molecule has 1 aromatic carbocycles. The highest BCUT2D eigenvalue weighted by Crippen LogP contribution is 2.10. The van der Waals surface area contributed by atoms with Gasteiger partial charge in [-0.3, -0.25) is 4.79 Å². The van der Waals surface area contributed by atoms with Gasteiger partial charge in [0.1, 0.15) is 0 Å². The van der Waals surface area contributed by atoms with Crippen LogP contribution in [-0.2, 0) is 0 Å². The molecule has 0 atom stereocenters. The molecule has 5 heteroatoms. The fourth-order valence-corrected chi connectivity index (χ4v) is 2.14. The van der Waals surface area contributed by atoms with Crippen molar-refractivity contribution in [3.05, 3.63) is 57.2 Å². The number of benzene rings is 1. The monoisotopic (exact) mass is 278 g/mol. The number of hydrogen-bond acceptors (Lipinski definition) is 3. The zero-order valence-corrected chi connectivity index (χ0v) is 11.3. The number of amides is 1. The molecule has 0 radical (unpaired) electrons. The van der Waals surface area contributed by atoms with E-state index in [9.17, 15) is 4.79 Å². The maximum atomic E-state index is 11.8. The lowest BCUT2D eigenvalue weighted by molar-refractivity contribution is 0.0955. The van der Waals surface area contributed by atoms with Gasteiger partial charge in [0.15, 0.2) is 0 Å². The van der Waals surface area contributed by atoms with Gasteiger partial charge in [0.2, 0.25) is 0 Å². The molecule has 0 saturated heterocycles. The molecular formula is C13H11ClN2OS. The van der Waals surface area contributed by atoms with Crippen LogP contribution in [0.2, 0.25) is 5.02 Å². The number of nitrogens with one attached hydrogen (secondary N) is 1. The normalized spacial score (nSPS) is 11.3. The van der Waals surface area contributed by atoms with Crippen LogP contribution in [0, 0.1) is 0 Å². The minimum atomic E-state index is -0.248. The minimum absolute atomic E-state index is 0.248. The predicted octanol–water partition coefficient (Wildman–Crippen LogP) is 3.56. The Hall–Kier alpha value is -1.65. The fourth-order valence-electron chi connectivity index (χ4n) is 1.34. The lowest BCUT2D eigenvalue weighted by Crippen LogP contribution is -2.18. The van der Waals surface area contributed by atoms with Crippen molar-refractivity contribution in [1.82, 2.24) is 5.43 Å². The Kier molecular flexibility index (Phi) is 4.12. The first-order chi connectivity index (χ1) is 8.66. The topological polar surface area (TPSA) is 41.5 Å². The zero-order chi connectivity index (χ0) is 13.0. The molecule has 1 N–H and O–H groups in total. The number of halogens is 1. The molecule has 1 heterocycles. The SMILES string of the molecule is CC(=NNC(=O)c1ccc(Cl)cc1)c1cccs1. The molecule has 0 fully saturated rings. The Labute approximate surface area is 114 Å². The molecule has 2 aromatic rings. The van der Waals surface area contributed by atoms with Gasteiger partial charge in [0.05, 0.1) is 5.71 Å². The zero-order valence-electron chi connectivity index (χ0n) is 9.68. The van der Waals surface area contributed by atoms with Crippen molar-refractivity contribution in [2.75, 3.05) is 0 Å². The first-order valence-electron chi connectivity index (χ1n) is 5.31. The number of carbonyl (C=O) groups is 1. The molecule has 0 aliphatic rings. The quantitative estimate of drug-likeness (QED) is 0.677. The molecular weight excluding hydrogens is 268 g/mol. The van der Waals surface area contributed by atoms with Crippen molar-refractivity contribution < 1.29 is 4.79 Å². The second-order valence-corrected chi connectivity index (χ2v) is 5.01. The molecule has 2 rings (SSSR count). The van der Waals surface area contributed by atoms with Gasteiger partial charge in [-0.05, 0) is 42.6 Å². The van der Waals surface area contributed by atoms with E-state index in [4.69, 9.17) is 11.6 Å². The van der Waals surface area contributed by atoms with Crippen LogP contribution < -0.4 is 5.43 Å². The van der Waals surface area contributed by atoms with Crippen molar-refractivity contribution in [3.8, 4) is 0 Å². The molecule has 92 valence electrons. The largest absolute Gasteiger partial charge is 0.271 e. The van der Waals surface area contributed by atoms with E-state index in [0.717, 1.165) is 10.6 Å². The first-order valence-corrected chi connectivity index (χ1v) is 6.56. The summed E-state index contributed by atoms with van der Waals surface area (Å²) in [6, 6.07) is 10.6. The fraction of sp³-hybridized carbons (Fsp3) is 0.0769. The third kappa shape index (κ3) is 3.18. The lowest BCUT2D eigenvalue weighted by Gasteiger charge is -2.01. The summed E-state index contributed by atoms with van der Waals surface area (Å²) in [5, 5.41) is 6.63.